The van der Waals surface area contributed by atoms with E-state index >= 15 is 0 Å². The smallest absolute Gasteiger partial charge is 0.223 e. The summed E-state index contributed by atoms with van der Waals surface area (Å²) in [6.45, 7) is 8.81. The summed E-state index contributed by atoms with van der Waals surface area (Å²) in [6, 6.07) is 4.22. The molecule has 1 heterocycles. The van der Waals surface area contributed by atoms with Crippen molar-refractivity contribution in [3.05, 3.63) is 34.6 Å². The minimum atomic E-state index is -3.70. The van der Waals surface area contributed by atoms with E-state index in [1.807, 2.05) is 0 Å². The normalized spacial score (nSPS) is 16.9. The number of piperidine rings is 1. The van der Waals surface area contributed by atoms with Crippen molar-refractivity contribution in [1.82, 2.24) is 9.62 Å². The highest BCUT2D eigenvalue weighted by molar-refractivity contribution is 7.88. The number of sulfonamides is 1. The highest BCUT2D eigenvalue weighted by Crippen LogP contribution is 2.26. The summed E-state index contributed by atoms with van der Waals surface area (Å²) >= 11 is 5.96. The summed E-state index contributed by atoms with van der Waals surface area (Å²) in [5.41, 5.74) is -0.0132. The molecule has 1 aromatic carbocycles. The van der Waals surface area contributed by atoms with Crippen LogP contribution in [0.1, 0.15) is 46.1 Å². The molecule has 1 amide bonds. The van der Waals surface area contributed by atoms with Gasteiger partial charge in [-0.3, -0.25) is 4.79 Å². The van der Waals surface area contributed by atoms with Crippen molar-refractivity contribution in [2.45, 2.75) is 52.3 Å². The van der Waals surface area contributed by atoms with Crippen molar-refractivity contribution in [2.75, 3.05) is 13.1 Å². The molecule has 5 nitrogen and oxygen atoms in total. The van der Waals surface area contributed by atoms with E-state index in [-0.39, 0.29) is 41.5 Å². The predicted molar refractivity (Wildman–Crippen MR) is 110 cm³/mol. The van der Waals surface area contributed by atoms with Gasteiger partial charge in [0.1, 0.15) is 5.82 Å². The Hall–Kier alpha value is -1.18. The summed E-state index contributed by atoms with van der Waals surface area (Å²) in [5.74, 6) is -0.660. The fourth-order valence-electron chi connectivity index (χ4n) is 3.73. The topological polar surface area (TPSA) is 66.5 Å². The standard InChI is InChI=1S/C20H30ClFN2O3S/c1-13(2)19(14(3)4)23-20(25)15-8-10-24(11-9-15)28(26,27)12-16-17(21)6-5-7-18(16)22/h5-7,13-15,19H,8-12H2,1-4H3,(H,23,25). The lowest BCUT2D eigenvalue weighted by atomic mass is 9.91. The molecule has 0 atom stereocenters. The Labute approximate surface area is 172 Å². The fraction of sp³-hybridized carbons (Fsp3) is 0.650. The van der Waals surface area contributed by atoms with Crippen molar-refractivity contribution in [2.24, 2.45) is 17.8 Å². The van der Waals surface area contributed by atoms with Gasteiger partial charge in [0.25, 0.3) is 0 Å². The summed E-state index contributed by atoms with van der Waals surface area (Å²) < 4.78 is 40.7. The zero-order valence-corrected chi connectivity index (χ0v) is 18.5. The van der Waals surface area contributed by atoms with Crippen LogP contribution in [0.4, 0.5) is 4.39 Å². The van der Waals surface area contributed by atoms with Crippen LogP contribution in [0.2, 0.25) is 5.02 Å². The van der Waals surface area contributed by atoms with E-state index in [1.165, 1.54) is 22.5 Å². The summed E-state index contributed by atoms with van der Waals surface area (Å²) in [6.07, 6.45) is 0.915. The highest BCUT2D eigenvalue weighted by Gasteiger charge is 2.33. The lowest BCUT2D eigenvalue weighted by Gasteiger charge is -2.33. The molecule has 2 rings (SSSR count). The third-order valence-corrected chi connectivity index (χ3v) is 7.51. The first-order chi connectivity index (χ1) is 13.0. The monoisotopic (exact) mass is 432 g/mol. The number of amides is 1. The molecule has 0 aliphatic carbocycles. The molecule has 1 aromatic rings. The summed E-state index contributed by atoms with van der Waals surface area (Å²) in [7, 11) is -3.70. The van der Waals surface area contributed by atoms with Crippen molar-refractivity contribution >= 4 is 27.5 Å². The van der Waals surface area contributed by atoms with Crippen molar-refractivity contribution in [3.63, 3.8) is 0 Å². The Balaban J connectivity index is 1.98. The minimum Gasteiger partial charge on any atom is -0.353 e. The zero-order valence-electron chi connectivity index (χ0n) is 16.9. The maximum absolute atomic E-state index is 13.9. The minimum absolute atomic E-state index is 0.0124. The molecule has 1 aliphatic heterocycles. The first-order valence-corrected chi connectivity index (χ1v) is 11.7. The Bertz CT molecular complexity index is 762. The Morgan fingerprint density at radius 2 is 1.79 bits per heavy atom. The molecule has 1 fully saturated rings. The van der Waals surface area contributed by atoms with Crippen LogP contribution >= 0.6 is 11.6 Å². The lowest BCUT2D eigenvalue weighted by molar-refractivity contribution is -0.127. The molecule has 0 radical (unpaired) electrons. The molecule has 0 aromatic heterocycles. The van der Waals surface area contributed by atoms with Gasteiger partial charge in [-0.2, -0.15) is 0 Å². The van der Waals surface area contributed by atoms with Gasteiger partial charge < -0.3 is 5.32 Å². The number of rotatable bonds is 7. The van der Waals surface area contributed by atoms with Gasteiger partial charge in [0.15, 0.2) is 0 Å². The van der Waals surface area contributed by atoms with Crippen LogP contribution < -0.4 is 5.32 Å². The molecule has 1 aliphatic rings. The second kappa shape index (κ2) is 9.55. The average molecular weight is 433 g/mol. The number of carbonyl (C=O) groups excluding carboxylic acids is 1. The van der Waals surface area contributed by atoms with Crippen LogP contribution in [-0.2, 0) is 20.6 Å². The molecular formula is C20H30ClFN2O3S. The van der Waals surface area contributed by atoms with Gasteiger partial charge in [0, 0.05) is 35.6 Å². The average Bonchev–Trinajstić information content (AvgIpc) is 2.62. The Morgan fingerprint density at radius 1 is 1.21 bits per heavy atom. The van der Waals surface area contributed by atoms with Crippen LogP contribution in [0.15, 0.2) is 18.2 Å². The third kappa shape index (κ3) is 5.67. The number of halogens is 2. The maximum Gasteiger partial charge on any atom is 0.223 e. The zero-order chi connectivity index (χ0) is 21.1. The van der Waals surface area contributed by atoms with Gasteiger partial charge in [0.05, 0.1) is 5.75 Å². The van der Waals surface area contributed by atoms with Gasteiger partial charge in [0.2, 0.25) is 15.9 Å². The van der Waals surface area contributed by atoms with E-state index in [0.29, 0.717) is 24.7 Å². The van der Waals surface area contributed by atoms with Gasteiger partial charge in [-0.05, 0) is 36.8 Å². The fourth-order valence-corrected chi connectivity index (χ4v) is 5.64. The second-order valence-electron chi connectivity index (χ2n) is 8.15. The number of nitrogens with one attached hydrogen (secondary N) is 1. The van der Waals surface area contributed by atoms with Gasteiger partial charge in [-0.1, -0.05) is 45.4 Å². The Kier molecular flexibility index (Phi) is 7.88. The first-order valence-electron chi connectivity index (χ1n) is 9.74. The van der Waals surface area contributed by atoms with Crippen LogP contribution in [0, 0.1) is 23.6 Å². The van der Waals surface area contributed by atoms with Gasteiger partial charge >= 0.3 is 0 Å². The van der Waals surface area contributed by atoms with Crippen LogP contribution in [0.5, 0.6) is 0 Å². The van der Waals surface area contributed by atoms with Crippen LogP contribution in [0.25, 0.3) is 0 Å². The molecule has 0 spiro atoms. The molecule has 0 bridgehead atoms. The molecule has 158 valence electrons. The Morgan fingerprint density at radius 3 is 2.29 bits per heavy atom. The van der Waals surface area contributed by atoms with E-state index in [2.05, 4.69) is 33.0 Å². The lowest BCUT2D eigenvalue weighted by Crippen LogP contribution is -2.48. The number of benzene rings is 1. The highest BCUT2D eigenvalue weighted by atomic mass is 35.5. The van der Waals surface area contributed by atoms with Crippen molar-refractivity contribution < 1.29 is 17.6 Å². The number of hydrogen-bond acceptors (Lipinski definition) is 3. The van der Waals surface area contributed by atoms with E-state index < -0.39 is 21.6 Å². The van der Waals surface area contributed by atoms with Crippen LogP contribution in [-0.4, -0.2) is 37.8 Å². The van der Waals surface area contributed by atoms with E-state index in [1.54, 1.807) is 0 Å². The largest absolute Gasteiger partial charge is 0.353 e. The molecule has 0 unspecified atom stereocenters. The predicted octanol–water partition coefficient (Wildman–Crippen LogP) is 3.82. The number of nitrogens with zero attached hydrogens (tertiary/aromatic N) is 1. The van der Waals surface area contributed by atoms with Crippen molar-refractivity contribution in [3.8, 4) is 0 Å². The molecule has 8 heteroatoms. The molecule has 0 saturated carbocycles. The van der Waals surface area contributed by atoms with Crippen molar-refractivity contribution in [1.29, 1.82) is 0 Å². The van der Waals surface area contributed by atoms with E-state index in [4.69, 9.17) is 11.6 Å². The van der Waals surface area contributed by atoms with E-state index in [0.717, 1.165) is 0 Å². The summed E-state index contributed by atoms with van der Waals surface area (Å²) in [5, 5.41) is 3.22. The SMILES string of the molecule is CC(C)C(NC(=O)C1CCN(S(=O)(=O)Cc2c(F)cccc2Cl)CC1)C(C)C. The second-order valence-corrected chi connectivity index (χ2v) is 10.5. The summed E-state index contributed by atoms with van der Waals surface area (Å²) in [4.78, 5) is 12.6. The molecule has 1 N–H and O–H groups in total. The quantitative estimate of drug-likeness (QED) is 0.712. The van der Waals surface area contributed by atoms with Gasteiger partial charge in [-0.25, -0.2) is 17.1 Å². The molecule has 1 saturated heterocycles. The van der Waals surface area contributed by atoms with E-state index in [9.17, 15) is 17.6 Å². The number of carbonyl (C=O) groups is 1. The van der Waals surface area contributed by atoms with Crippen LogP contribution in [0.3, 0.4) is 0 Å². The molecular weight excluding hydrogens is 403 g/mol. The number of hydrogen-bond donors (Lipinski definition) is 1. The first kappa shape index (κ1) is 23.1. The molecule has 28 heavy (non-hydrogen) atoms. The van der Waals surface area contributed by atoms with Gasteiger partial charge in [-0.15, -0.1) is 0 Å². The maximum atomic E-state index is 13.9. The third-order valence-electron chi connectivity index (χ3n) is 5.35.